The van der Waals surface area contributed by atoms with Crippen LogP contribution in [0.3, 0.4) is 0 Å². The molecule has 1 fully saturated rings. The first-order chi connectivity index (χ1) is 8.49. The second kappa shape index (κ2) is 5.57. The lowest BCUT2D eigenvalue weighted by molar-refractivity contribution is 0.327. The lowest BCUT2D eigenvalue weighted by atomic mass is 9.96. The van der Waals surface area contributed by atoms with E-state index in [0.717, 1.165) is 13.0 Å². The van der Waals surface area contributed by atoms with Gasteiger partial charge in [0.05, 0.1) is 4.90 Å². The third kappa shape index (κ3) is 3.23. The Morgan fingerprint density at radius 2 is 2.22 bits per heavy atom. The van der Waals surface area contributed by atoms with E-state index in [0.29, 0.717) is 17.5 Å². The average molecular weight is 289 g/mol. The summed E-state index contributed by atoms with van der Waals surface area (Å²) in [5, 5.41) is 3.62. The largest absolute Gasteiger partial charge is 0.315 e. The van der Waals surface area contributed by atoms with Gasteiger partial charge in [-0.1, -0.05) is 24.6 Å². The van der Waals surface area contributed by atoms with Crippen LogP contribution < -0.4 is 10.0 Å². The van der Waals surface area contributed by atoms with Crippen molar-refractivity contribution in [2.75, 3.05) is 13.1 Å². The highest BCUT2D eigenvalue weighted by Gasteiger charge is 2.26. The monoisotopic (exact) mass is 288 g/mol. The quantitative estimate of drug-likeness (QED) is 0.888. The van der Waals surface area contributed by atoms with Crippen molar-refractivity contribution < 1.29 is 8.42 Å². The van der Waals surface area contributed by atoms with Crippen LogP contribution in [-0.2, 0) is 10.0 Å². The summed E-state index contributed by atoms with van der Waals surface area (Å²) in [6.07, 6.45) is 0.975. The van der Waals surface area contributed by atoms with Gasteiger partial charge in [-0.2, -0.15) is 0 Å². The van der Waals surface area contributed by atoms with E-state index in [-0.39, 0.29) is 10.9 Å². The molecule has 0 saturated carbocycles. The molecule has 1 saturated heterocycles. The Labute approximate surface area is 113 Å². The predicted octanol–water partition coefficient (Wildman–Crippen LogP) is 1.62. The van der Waals surface area contributed by atoms with E-state index in [1.165, 1.54) is 6.07 Å². The maximum Gasteiger partial charge on any atom is 0.240 e. The first-order valence-electron chi connectivity index (χ1n) is 5.97. The number of halogens is 1. The molecule has 1 aliphatic heterocycles. The van der Waals surface area contributed by atoms with Crippen molar-refractivity contribution in [3.63, 3.8) is 0 Å². The Hall–Kier alpha value is -0.620. The fourth-order valence-corrected chi connectivity index (χ4v) is 3.69. The molecule has 1 aromatic rings. The summed E-state index contributed by atoms with van der Waals surface area (Å²) in [5.41, 5.74) is 0. The summed E-state index contributed by atoms with van der Waals surface area (Å²) in [5.74, 6) is 0.334. The van der Waals surface area contributed by atoms with E-state index in [1.807, 2.05) is 0 Å². The molecular weight excluding hydrogens is 272 g/mol. The van der Waals surface area contributed by atoms with Crippen LogP contribution in [0.4, 0.5) is 0 Å². The van der Waals surface area contributed by atoms with Crippen LogP contribution in [0, 0.1) is 5.92 Å². The Morgan fingerprint density at radius 1 is 1.44 bits per heavy atom. The number of nitrogens with one attached hydrogen (secondary N) is 2. The van der Waals surface area contributed by atoms with Gasteiger partial charge in [0.1, 0.15) is 0 Å². The van der Waals surface area contributed by atoms with Gasteiger partial charge in [-0.05, 0) is 37.1 Å². The van der Waals surface area contributed by atoms with Crippen LogP contribution in [0.2, 0.25) is 5.02 Å². The van der Waals surface area contributed by atoms with Gasteiger partial charge in [0.25, 0.3) is 0 Å². The van der Waals surface area contributed by atoms with Gasteiger partial charge in [0.2, 0.25) is 10.0 Å². The first kappa shape index (κ1) is 13.8. The second-order valence-electron chi connectivity index (χ2n) is 4.66. The van der Waals surface area contributed by atoms with Gasteiger partial charge in [-0.25, -0.2) is 13.1 Å². The predicted molar refractivity (Wildman–Crippen MR) is 72.2 cm³/mol. The van der Waals surface area contributed by atoms with Crippen molar-refractivity contribution in [1.29, 1.82) is 0 Å². The minimum Gasteiger partial charge on any atom is -0.315 e. The van der Waals surface area contributed by atoms with E-state index in [2.05, 4.69) is 17.0 Å². The third-order valence-corrected chi connectivity index (χ3v) is 4.96. The van der Waals surface area contributed by atoms with Crippen LogP contribution in [0.15, 0.2) is 29.2 Å². The Balaban J connectivity index is 2.16. The first-order valence-corrected chi connectivity index (χ1v) is 7.84. The lowest BCUT2D eigenvalue weighted by Crippen LogP contribution is -2.50. The third-order valence-electron chi connectivity index (χ3n) is 3.24. The van der Waals surface area contributed by atoms with Crippen molar-refractivity contribution in [3.05, 3.63) is 29.3 Å². The molecule has 18 heavy (non-hydrogen) atoms. The van der Waals surface area contributed by atoms with Gasteiger partial charge < -0.3 is 5.32 Å². The van der Waals surface area contributed by atoms with Crippen molar-refractivity contribution in [1.82, 2.24) is 10.0 Å². The SMILES string of the molecule is CC1CCNCC1NS(=O)(=O)c1cccc(Cl)c1. The van der Waals surface area contributed by atoms with Crippen LogP contribution >= 0.6 is 11.6 Å². The summed E-state index contributed by atoms with van der Waals surface area (Å²) in [4.78, 5) is 0.216. The molecule has 1 heterocycles. The van der Waals surface area contributed by atoms with E-state index < -0.39 is 10.0 Å². The van der Waals surface area contributed by atoms with Crippen LogP contribution in [0.5, 0.6) is 0 Å². The van der Waals surface area contributed by atoms with Crippen molar-refractivity contribution in [2.24, 2.45) is 5.92 Å². The number of sulfonamides is 1. The molecule has 2 N–H and O–H groups in total. The summed E-state index contributed by atoms with van der Waals surface area (Å²) in [7, 11) is -3.49. The number of hydrogen-bond donors (Lipinski definition) is 2. The minimum absolute atomic E-state index is 0.0669. The number of piperidine rings is 1. The Morgan fingerprint density at radius 3 is 2.89 bits per heavy atom. The van der Waals surface area contributed by atoms with Crippen LogP contribution in [0.1, 0.15) is 13.3 Å². The summed E-state index contributed by atoms with van der Waals surface area (Å²) >= 11 is 5.82. The van der Waals surface area contributed by atoms with Gasteiger partial charge >= 0.3 is 0 Å². The fraction of sp³-hybridized carbons (Fsp3) is 0.500. The van der Waals surface area contributed by atoms with Crippen molar-refractivity contribution in [3.8, 4) is 0 Å². The van der Waals surface area contributed by atoms with Gasteiger partial charge in [0.15, 0.2) is 0 Å². The highest BCUT2D eigenvalue weighted by atomic mass is 35.5. The molecule has 2 rings (SSSR count). The second-order valence-corrected chi connectivity index (χ2v) is 6.81. The smallest absolute Gasteiger partial charge is 0.240 e. The number of rotatable bonds is 3. The molecule has 0 aromatic heterocycles. The molecular formula is C12H17ClN2O2S. The molecule has 4 nitrogen and oxygen atoms in total. The summed E-state index contributed by atoms with van der Waals surface area (Å²) in [6, 6.07) is 6.24. The van der Waals surface area contributed by atoms with E-state index in [1.54, 1.807) is 18.2 Å². The lowest BCUT2D eigenvalue weighted by Gasteiger charge is -2.29. The zero-order valence-corrected chi connectivity index (χ0v) is 11.8. The molecule has 0 radical (unpaired) electrons. The van der Waals surface area contributed by atoms with Crippen LogP contribution in [-0.4, -0.2) is 27.5 Å². The Kier molecular flexibility index (Phi) is 4.27. The fourth-order valence-electron chi connectivity index (χ4n) is 2.05. The van der Waals surface area contributed by atoms with Gasteiger partial charge in [-0.15, -0.1) is 0 Å². The average Bonchev–Trinajstić information content (AvgIpc) is 2.32. The maximum atomic E-state index is 12.2. The molecule has 2 unspecified atom stereocenters. The molecule has 0 amide bonds. The molecule has 1 aromatic carbocycles. The molecule has 0 spiro atoms. The van der Waals surface area contributed by atoms with Crippen molar-refractivity contribution >= 4 is 21.6 Å². The highest BCUT2D eigenvalue weighted by Crippen LogP contribution is 2.18. The Bertz CT molecular complexity index is 519. The number of hydrogen-bond acceptors (Lipinski definition) is 3. The van der Waals surface area contributed by atoms with Gasteiger partial charge in [-0.3, -0.25) is 0 Å². The van der Waals surface area contributed by atoms with E-state index >= 15 is 0 Å². The normalized spacial score (nSPS) is 25.0. The zero-order valence-electron chi connectivity index (χ0n) is 10.2. The molecule has 100 valence electrons. The highest BCUT2D eigenvalue weighted by molar-refractivity contribution is 7.89. The zero-order chi connectivity index (χ0) is 13.2. The molecule has 0 bridgehead atoms. The summed E-state index contributed by atoms with van der Waals surface area (Å²) < 4.78 is 27.1. The minimum atomic E-state index is -3.49. The topological polar surface area (TPSA) is 58.2 Å². The summed E-state index contributed by atoms with van der Waals surface area (Å²) in [6.45, 7) is 3.67. The standard InChI is InChI=1S/C12H17ClN2O2S/c1-9-5-6-14-8-12(9)15-18(16,17)11-4-2-3-10(13)7-11/h2-4,7,9,12,14-15H,5-6,8H2,1H3. The van der Waals surface area contributed by atoms with E-state index in [9.17, 15) is 8.42 Å². The van der Waals surface area contributed by atoms with Crippen LogP contribution in [0.25, 0.3) is 0 Å². The molecule has 2 atom stereocenters. The van der Waals surface area contributed by atoms with Crippen molar-refractivity contribution in [2.45, 2.75) is 24.3 Å². The molecule has 6 heteroatoms. The molecule has 1 aliphatic rings. The maximum absolute atomic E-state index is 12.2. The number of benzene rings is 1. The van der Waals surface area contributed by atoms with E-state index in [4.69, 9.17) is 11.6 Å². The molecule has 0 aliphatic carbocycles. The van der Waals surface area contributed by atoms with Gasteiger partial charge in [0, 0.05) is 17.6 Å².